The van der Waals surface area contributed by atoms with E-state index in [4.69, 9.17) is 11.6 Å². The zero-order chi connectivity index (χ0) is 12.8. The van der Waals surface area contributed by atoms with E-state index in [2.05, 4.69) is 5.32 Å². The standard InChI is InChI=1S/C13H15ClN2O2/c14-10-2-1-3-11(12(10)16(17)18)15-8-13(6-7-13)9-4-5-9/h1-3,9,15H,4-8H2. The first kappa shape index (κ1) is 11.8. The highest BCUT2D eigenvalue weighted by Gasteiger charge is 2.53. The monoisotopic (exact) mass is 266 g/mol. The van der Waals surface area contributed by atoms with Gasteiger partial charge in [0.15, 0.2) is 0 Å². The van der Waals surface area contributed by atoms with Crippen molar-refractivity contribution < 1.29 is 4.92 Å². The Morgan fingerprint density at radius 3 is 2.72 bits per heavy atom. The lowest BCUT2D eigenvalue weighted by Gasteiger charge is -2.16. The topological polar surface area (TPSA) is 55.2 Å². The fourth-order valence-corrected chi connectivity index (χ4v) is 2.94. The predicted molar refractivity (Wildman–Crippen MR) is 71.0 cm³/mol. The second-order valence-corrected chi connectivity index (χ2v) is 5.79. The first-order valence-electron chi connectivity index (χ1n) is 6.29. The van der Waals surface area contributed by atoms with Crippen LogP contribution in [0.5, 0.6) is 0 Å². The maximum Gasteiger partial charge on any atom is 0.310 e. The van der Waals surface area contributed by atoms with Crippen LogP contribution in [0.15, 0.2) is 18.2 Å². The van der Waals surface area contributed by atoms with E-state index in [0.29, 0.717) is 11.1 Å². The molecule has 2 aliphatic carbocycles. The van der Waals surface area contributed by atoms with E-state index in [9.17, 15) is 10.1 Å². The number of para-hydroxylation sites is 1. The molecule has 0 spiro atoms. The van der Waals surface area contributed by atoms with Gasteiger partial charge in [-0.25, -0.2) is 0 Å². The molecule has 1 aromatic carbocycles. The van der Waals surface area contributed by atoms with Crippen molar-refractivity contribution in [1.29, 1.82) is 0 Å². The van der Waals surface area contributed by atoms with Gasteiger partial charge in [0.2, 0.25) is 0 Å². The Kier molecular flexibility index (Phi) is 2.70. The number of benzene rings is 1. The zero-order valence-electron chi connectivity index (χ0n) is 9.99. The summed E-state index contributed by atoms with van der Waals surface area (Å²) in [7, 11) is 0. The molecular weight excluding hydrogens is 252 g/mol. The predicted octanol–water partition coefficient (Wildman–Crippen LogP) is 3.85. The van der Waals surface area contributed by atoms with Crippen molar-refractivity contribution >= 4 is 23.0 Å². The Morgan fingerprint density at radius 1 is 1.44 bits per heavy atom. The lowest BCUT2D eigenvalue weighted by Crippen LogP contribution is -2.18. The van der Waals surface area contributed by atoms with Gasteiger partial charge in [0, 0.05) is 6.54 Å². The molecule has 1 N–H and O–H groups in total. The normalized spacial score (nSPS) is 20.5. The van der Waals surface area contributed by atoms with Crippen molar-refractivity contribution in [2.24, 2.45) is 11.3 Å². The van der Waals surface area contributed by atoms with Gasteiger partial charge >= 0.3 is 5.69 Å². The number of nitro benzene ring substituents is 1. The minimum absolute atomic E-state index is 0.00855. The molecule has 5 heteroatoms. The van der Waals surface area contributed by atoms with Crippen LogP contribution in [0.1, 0.15) is 25.7 Å². The van der Waals surface area contributed by atoms with E-state index in [1.54, 1.807) is 18.2 Å². The van der Waals surface area contributed by atoms with Gasteiger partial charge in [-0.15, -0.1) is 0 Å². The summed E-state index contributed by atoms with van der Waals surface area (Å²) < 4.78 is 0. The highest BCUT2D eigenvalue weighted by atomic mass is 35.5. The molecule has 96 valence electrons. The van der Waals surface area contributed by atoms with Crippen molar-refractivity contribution in [2.75, 3.05) is 11.9 Å². The Balaban J connectivity index is 1.76. The maximum atomic E-state index is 11.0. The number of hydrogen-bond donors (Lipinski definition) is 1. The Bertz CT molecular complexity index is 496. The van der Waals surface area contributed by atoms with Crippen LogP contribution in [0, 0.1) is 21.4 Å². The molecule has 18 heavy (non-hydrogen) atoms. The zero-order valence-corrected chi connectivity index (χ0v) is 10.7. The Hall–Kier alpha value is -1.29. The van der Waals surface area contributed by atoms with Gasteiger partial charge in [-0.2, -0.15) is 0 Å². The molecule has 0 aliphatic heterocycles. The number of halogens is 1. The van der Waals surface area contributed by atoms with E-state index < -0.39 is 4.92 Å². The number of rotatable bonds is 5. The summed E-state index contributed by atoms with van der Waals surface area (Å²) in [5, 5.41) is 14.4. The average Bonchev–Trinajstić information content (AvgIpc) is 3.17. The first-order valence-corrected chi connectivity index (χ1v) is 6.67. The third kappa shape index (κ3) is 2.05. The first-order chi connectivity index (χ1) is 8.62. The maximum absolute atomic E-state index is 11.0. The van der Waals surface area contributed by atoms with Crippen LogP contribution in [0.25, 0.3) is 0 Å². The minimum atomic E-state index is -0.415. The molecule has 0 aromatic heterocycles. The molecule has 0 atom stereocenters. The number of hydrogen-bond acceptors (Lipinski definition) is 3. The smallest absolute Gasteiger partial charge is 0.310 e. The number of nitrogens with one attached hydrogen (secondary N) is 1. The van der Waals surface area contributed by atoms with Gasteiger partial charge in [0.05, 0.1) is 4.92 Å². The molecular formula is C13H15ClN2O2. The van der Waals surface area contributed by atoms with Gasteiger partial charge in [-0.1, -0.05) is 17.7 Å². The van der Waals surface area contributed by atoms with Gasteiger partial charge in [-0.3, -0.25) is 10.1 Å². The van der Waals surface area contributed by atoms with Crippen LogP contribution in [0.2, 0.25) is 5.02 Å². The molecule has 0 bridgehead atoms. The summed E-state index contributed by atoms with van der Waals surface area (Å²) in [6.07, 6.45) is 5.14. The highest BCUT2D eigenvalue weighted by Crippen LogP contribution is 2.61. The third-order valence-electron chi connectivity index (χ3n) is 4.14. The molecule has 2 saturated carbocycles. The third-order valence-corrected chi connectivity index (χ3v) is 4.44. The molecule has 2 aliphatic rings. The number of nitro groups is 1. The summed E-state index contributed by atoms with van der Waals surface area (Å²) >= 11 is 5.88. The SMILES string of the molecule is O=[N+]([O-])c1c(Cl)cccc1NCC1(C2CC2)CC1. The minimum Gasteiger partial charge on any atom is -0.379 e. The second kappa shape index (κ2) is 4.12. The van der Waals surface area contributed by atoms with Crippen molar-refractivity contribution in [1.82, 2.24) is 0 Å². The van der Waals surface area contributed by atoms with Crippen molar-refractivity contribution in [3.8, 4) is 0 Å². The number of nitrogens with zero attached hydrogens (tertiary/aromatic N) is 1. The summed E-state index contributed by atoms with van der Waals surface area (Å²) in [6.45, 7) is 0.832. The van der Waals surface area contributed by atoms with Crippen molar-refractivity contribution in [2.45, 2.75) is 25.7 Å². The summed E-state index contributed by atoms with van der Waals surface area (Å²) in [5.41, 5.74) is 0.945. The van der Waals surface area contributed by atoms with E-state index in [1.807, 2.05) is 0 Å². The van der Waals surface area contributed by atoms with E-state index in [0.717, 1.165) is 12.5 Å². The van der Waals surface area contributed by atoms with Crippen LogP contribution in [-0.4, -0.2) is 11.5 Å². The van der Waals surface area contributed by atoms with Crippen molar-refractivity contribution in [3.05, 3.63) is 33.3 Å². The van der Waals surface area contributed by atoms with Gasteiger partial charge in [-0.05, 0) is 49.1 Å². The fraction of sp³-hybridized carbons (Fsp3) is 0.538. The molecule has 0 heterocycles. The Labute approximate surface area is 110 Å². The average molecular weight is 267 g/mol. The lowest BCUT2D eigenvalue weighted by atomic mass is 10.0. The highest BCUT2D eigenvalue weighted by molar-refractivity contribution is 6.33. The number of anilines is 1. The van der Waals surface area contributed by atoms with E-state index in [-0.39, 0.29) is 10.7 Å². The van der Waals surface area contributed by atoms with Gasteiger partial charge in [0.25, 0.3) is 0 Å². The molecule has 0 saturated heterocycles. The summed E-state index contributed by atoms with van der Waals surface area (Å²) in [4.78, 5) is 10.6. The van der Waals surface area contributed by atoms with Crippen LogP contribution >= 0.6 is 11.6 Å². The van der Waals surface area contributed by atoms with Crippen LogP contribution in [-0.2, 0) is 0 Å². The summed E-state index contributed by atoms with van der Waals surface area (Å²) in [6, 6.07) is 5.03. The van der Waals surface area contributed by atoms with Crippen LogP contribution in [0.4, 0.5) is 11.4 Å². The fourth-order valence-electron chi connectivity index (χ4n) is 2.70. The van der Waals surface area contributed by atoms with E-state index >= 15 is 0 Å². The molecule has 0 radical (unpaired) electrons. The largest absolute Gasteiger partial charge is 0.379 e. The lowest BCUT2D eigenvalue weighted by molar-refractivity contribution is -0.383. The molecule has 0 unspecified atom stereocenters. The van der Waals surface area contributed by atoms with Crippen LogP contribution in [0.3, 0.4) is 0 Å². The molecule has 4 nitrogen and oxygen atoms in total. The van der Waals surface area contributed by atoms with Gasteiger partial charge in [0.1, 0.15) is 10.7 Å². The van der Waals surface area contributed by atoms with Crippen LogP contribution < -0.4 is 5.32 Å². The molecule has 3 rings (SSSR count). The van der Waals surface area contributed by atoms with E-state index in [1.165, 1.54) is 25.7 Å². The quantitative estimate of drug-likeness (QED) is 0.650. The second-order valence-electron chi connectivity index (χ2n) is 5.38. The molecule has 0 amide bonds. The molecule has 1 aromatic rings. The van der Waals surface area contributed by atoms with Gasteiger partial charge < -0.3 is 5.32 Å². The summed E-state index contributed by atoms with van der Waals surface area (Å²) in [5.74, 6) is 0.836. The van der Waals surface area contributed by atoms with Crippen molar-refractivity contribution in [3.63, 3.8) is 0 Å². The Morgan fingerprint density at radius 2 is 2.17 bits per heavy atom. The molecule has 2 fully saturated rings.